The lowest BCUT2D eigenvalue weighted by Gasteiger charge is -2.58. The minimum Gasteiger partial charge on any atom is -0.204 e. The highest BCUT2D eigenvalue weighted by Crippen LogP contribution is 2.64. The molecule has 3 rings (SSSR count). The molecule has 1 spiro atoms. The Labute approximate surface area is 120 Å². The van der Waals surface area contributed by atoms with Crippen molar-refractivity contribution in [1.82, 2.24) is 0 Å². The Morgan fingerprint density at radius 3 is 2.45 bits per heavy atom. The first-order valence-corrected chi connectivity index (χ1v) is 8.07. The van der Waals surface area contributed by atoms with Gasteiger partial charge in [0.05, 0.1) is 0 Å². The summed E-state index contributed by atoms with van der Waals surface area (Å²) in [6.07, 6.45) is 10.5. The van der Waals surface area contributed by atoms with E-state index in [-0.39, 0.29) is 0 Å². The van der Waals surface area contributed by atoms with Gasteiger partial charge < -0.3 is 0 Å². The average Bonchev–Trinajstić information content (AvgIpc) is 2.33. The van der Waals surface area contributed by atoms with Crippen LogP contribution in [0.15, 0.2) is 18.2 Å². The Bertz CT molecular complexity index is 466. The molecule has 110 valence electrons. The molecule has 1 aromatic rings. The molecule has 0 aromatic heterocycles. The molecule has 0 heterocycles. The van der Waals surface area contributed by atoms with Gasteiger partial charge in [0.2, 0.25) is 0 Å². The lowest BCUT2D eigenvalue weighted by Crippen LogP contribution is -2.46. The maximum Gasteiger partial charge on any atom is 0.159 e. The fraction of sp³-hybridized carbons (Fsp3) is 0.667. The lowest BCUT2D eigenvalue weighted by molar-refractivity contribution is -0.0452. The van der Waals surface area contributed by atoms with Crippen LogP contribution >= 0.6 is 0 Å². The SMILES string of the molecule is CCCCCC1CC2(C1)CC(c1ccc(F)c(F)c1)C2. The van der Waals surface area contributed by atoms with Crippen LogP contribution in [0, 0.1) is 23.0 Å². The van der Waals surface area contributed by atoms with E-state index < -0.39 is 11.6 Å². The third-order valence-electron chi connectivity index (χ3n) is 5.43. The Morgan fingerprint density at radius 1 is 1.05 bits per heavy atom. The van der Waals surface area contributed by atoms with Gasteiger partial charge in [-0.05, 0) is 60.6 Å². The highest BCUT2D eigenvalue weighted by atomic mass is 19.2. The number of hydrogen-bond acceptors (Lipinski definition) is 0. The van der Waals surface area contributed by atoms with Crippen molar-refractivity contribution >= 4 is 0 Å². The summed E-state index contributed by atoms with van der Waals surface area (Å²) < 4.78 is 26.2. The van der Waals surface area contributed by atoms with Crippen molar-refractivity contribution in [3.8, 4) is 0 Å². The first-order chi connectivity index (χ1) is 9.62. The molecule has 0 amide bonds. The second-order valence-electron chi connectivity index (χ2n) is 7.05. The van der Waals surface area contributed by atoms with Crippen molar-refractivity contribution in [3.63, 3.8) is 0 Å². The van der Waals surface area contributed by atoms with Crippen molar-refractivity contribution < 1.29 is 8.78 Å². The van der Waals surface area contributed by atoms with E-state index >= 15 is 0 Å². The number of unbranched alkanes of at least 4 members (excludes halogenated alkanes) is 2. The molecule has 2 saturated carbocycles. The molecule has 20 heavy (non-hydrogen) atoms. The fourth-order valence-corrected chi connectivity index (χ4v) is 4.37. The normalized spacial score (nSPS) is 31.9. The molecule has 0 unspecified atom stereocenters. The van der Waals surface area contributed by atoms with Gasteiger partial charge in [0.15, 0.2) is 11.6 Å². The van der Waals surface area contributed by atoms with Crippen molar-refractivity contribution in [2.24, 2.45) is 11.3 Å². The third-order valence-corrected chi connectivity index (χ3v) is 5.43. The zero-order chi connectivity index (χ0) is 14.2. The van der Waals surface area contributed by atoms with Crippen LogP contribution in [0.3, 0.4) is 0 Å². The van der Waals surface area contributed by atoms with Gasteiger partial charge >= 0.3 is 0 Å². The Balaban J connectivity index is 1.46. The van der Waals surface area contributed by atoms with E-state index in [9.17, 15) is 8.78 Å². The topological polar surface area (TPSA) is 0 Å². The third kappa shape index (κ3) is 2.62. The smallest absolute Gasteiger partial charge is 0.159 e. The van der Waals surface area contributed by atoms with Gasteiger partial charge in [-0.3, -0.25) is 0 Å². The summed E-state index contributed by atoms with van der Waals surface area (Å²) in [5.41, 5.74) is 1.55. The predicted octanol–water partition coefficient (Wildman–Crippen LogP) is 5.82. The van der Waals surface area contributed by atoms with Gasteiger partial charge in [0.25, 0.3) is 0 Å². The molecule has 2 aliphatic carbocycles. The molecule has 0 bridgehead atoms. The van der Waals surface area contributed by atoms with Crippen LogP contribution in [0.25, 0.3) is 0 Å². The average molecular weight is 278 g/mol. The molecule has 2 heteroatoms. The highest BCUT2D eigenvalue weighted by Gasteiger charge is 2.52. The lowest BCUT2D eigenvalue weighted by atomic mass is 9.47. The predicted molar refractivity (Wildman–Crippen MR) is 77.6 cm³/mol. The molecular formula is C18H24F2. The molecule has 0 atom stereocenters. The van der Waals surface area contributed by atoms with Crippen LogP contribution in [-0.2, 0) is 0 Å². The van der Waals surface area contributed by atoms with Crippen molar-refractivity contribution in [3.05, 3.63) is 35.4 Å². The number of hydrogen-bond donors (Lipinski definition) is 0. The number of halogens is 2. The van der Waals surface area contributed by atoms with Gasteiger partial charge in [0.1, 0.15) is 0 Å². The van der Waals surface area contributed by atoms with E-state index in [1.54, 1.807) is 6.07 Å². The largest absolute Gasteiger partial charge is 0.204 e. The summed E-state index contributed by atoms with van der Waals surface area (Å²) >= 11 is 0. The van der Waals surface area contributed by atoms with Gasteiger partial charge in [-0.15, -0.1) is 0 Å². The van der Waals surface area contributed by atoms with E-state index in [0.717, 1.165) is 11.5 Å². The Kier molecular flexibility index (Phi) is 3.83. The quantitative estimate of drug-likeness (QED) is 0.595. The van der Waals surface area contributed by atoms with E-state index in [1.807, 2.05) is 0 Å². The van der Waals surface area contributed by atoms with Gasteiger partial charge in [-0.25, -0.2) is 8.78 Å². The summed E-state index contributed by atoms with van der Waals surface area (Å²) in [5.74, 6) is -0.0360. The molecule has 0 radical (unpaired) electrons. The number of benzene rings is 1. The zero-order valence-electron chi connectivity index (χ0n) is 12.3. The van der Waals surface area contributed by atoms with Crippen LogP contribution in [0.5, 0.6) is 0 Å². The summed E-state index contributed by atoms with van der Waals surface area (Å²) in [4.78, 5) is 0. The monoisotopic (exact) mass is 278 g/mol. The van der Waals surface area contributed by atoms with Crippen molar-refractivity contribution in [1.29, 1.82) is 0 Å². The summed E-state index contributed by atoms with van der Waals surface area (Å²) in [6, 6.07) is 4.42. The molecule has 0 aliphatic heterocycles. The Morgan fingerprint density at radius 2 is 1.80 bits per heavy atom. The highest BCUT2D eigenvalue weighted by molar-refractivity contribution is 5.26. The molecule has 2 aliphatic rings. The second kappa shape index (κ2) is 5.46. The van der Waals surface area contributed by atoms with Gasteiger partial charge in [0, 0.05) is 0 Å². The summed E-state index contributed by atoms with van der Waals surface area (Å²) in [5, 5.41) is 0. The zero-order valence-corrected chi connectivity index (χ0v) is 12.3. The first kappa shape index (κ1) is 14.0. The molecule has 1 aromatic carbocycles. The van der Waals surface area contributed by atoms with Crippen molar-refractivity contribution in [2.75, 3.05) is 0 Å². The van der Waals surface area contributed by atoms with Crippen LogP contribution in [0.2, 0.25) is 0 Å². The summed E-state index contributed by atoms with van der Waals surface area (Å²) in [7, 11) is 0. The van der Waals surface area contributed by atoms with E-state index in [2.05, 4.69) is 6.92 Å². The molecule has 2 fully saturated rings. The maximum absolute atomic E-state index is 13.2. The van der Waals surface area contributed by atoms with Gasteiger partial charge in [-0.1, -0.05) is 38.7 Å². The van der Waals surface area contributed by atoms with Gasteiger partial charge in [-0.2, -0.15) is 0 Å². The maximum atomic E-state index is 13.2. The van der Waals surface area contributed by atoms with Crippen LogP contribution in [0.1, 0.15) is 69.8 Å². The first-order valence-electron chi connectivity index (χ1n) is 8.07. The van der Waals surface area contributed by atoms with Crippen LogP contribution in [0.4, 0.5) is 8.78 Å². The van der Waals surface area contributed by atoms with Crippen LogP contribution in [-0.4, -0.2) is 0 Å². The standard InChI is InChI=1S/C18H24F2/c1-2-3-4-5-13-9-18(10-13)11-15(12-18)14-6-7-16(19)17(20)8-14/h6-8,13,15H,2-5,9-12H2,1H3. The minimum atomic E-state index is -0.734. The molecule has 0 saturated heterocycles. The Hall–Kier alpha value is -0.920. The van der Waals surface area contributed by atoms with E-state index in [0.29, 0.717) is 11.3 Å². The van der Waals surface area contributed by atoms with E-state index in [4.69, 9.17) is 0 Å². The van der Waals surface area contributed by atoms with Crippen LogP contribution < -0.4 is 0 Å². The molecule has 0 N–H and O–H groups in total. The number of rotatable bonds is 5. The van der Waals surface area contributed by atoms with E-state index in [1.165, 1.54) is 63.5 Å². The molecular weight excluding hydrogens is 254 g/mol. The molecule has 0 nitrogen and oxygen atoms in total. The van der Waals surface area contributed by atoms with Crippen molar-refractivity contribution in [2.45, 2.75) is 64.2 Å². The fourth-order valence-electron chi connectivity index (χ4n) is 4.37. The summed E-state index contributed by atoms with van der Waals surface area (Å²) in [6.45, 7) is 2.25. The second-order valence-corrected chi connectivity index (χ2v) is 7.05. The minimum absolute atomic E-state index is 0.460.